The van der Waals surface area contributed by atoms with Crippen LogP contribution >= 0.6 is 0 Å². The van der Waals surface area contributed by atoms with Gasteiger partial charge in [-0.3, -0.25) is 4.79 Å². The Balaban J connectivity index is 2.45. The van der Waals surface area contributed by atoms with Crippen LogP contribution < -0.4 is 0 Å². The lowest BCUT2D eigenvalue weighted by Gasteiger charge is -2.11. The first-order valence-corrected chi connectivity index (χ1v) is 4.15. The van der Waals surface area contributed by atoms with Crippen molar-refractivity contribution in [2.45, 2.75) is 25.7 Å². The van der Waals surface area contributed by atoms with E-state index in [4.69, 9.17) is 5.11 Å². The SMILES string of the molecule is CC1(C)CC1(C(=O)O)c1ccon1. The van der Waals surface area contributed by atoms with Crippen LogP contribution in [0.25, 0.3) is 0 Å². The molecule has 1 N–H and O–H groups in total. The van der Waals surface area contributed by atoms with Gasteiger partial charge in [0.15, 0.2) is 0 Å². The Morgan fingerprint density at radius 2 is 2.31 bits per heavy atom. The number of hydrogen-bond acceptors (Lipinski definition) is 3. The van der Waals surface area contributed by atoms with Gasteiger partial charge < -0.3 is 9.63 Å². The van der Waals surface area contributed by atoms with Crippen LogP contribution in [0.4, 0.5) is 0 Å². The van der Waals surface area contributed by atoms with E-state index in [-0.39, 0.29) is 5.41 Å². The summed E-state index contributed by atoms with van der Waals surface area (Å²) in [6, 6.07) is 1.63. The van der Waals surface area contributed by atoms with Crippen molar-refractivity contribution in [3.8, 4) is 0 Å². The molecule has 0 radical (unpaired) electrons. The van der Waals surface area contributed by atoms with E-state index in [1.807, 2.05) is 13.8 Å². The summed E-state index contributed by atoms with van der Waals surface area (Å²) >= 11 is 0. The van der Waals surface area contributed by atoms with Gasteiger partial charge in [0, 0.05) is 6.07 Å². The molecule has 13 heavy (non-hydrogen) atoms. The third kappa shape index (κ3) is 0.855. The summed E-state index contributed by atoms with van der Waals surface area (Å²) in [5.74, 6) is -0.814. The van der Waals surface area contributed by atoms with Crippen molar-refractivity contribution in [3.63, 3.8) is 0 Å². The zero-order chi connectivity index (χ0) is 9.69. The van der Waals surface area contributed by atoms with E-state index in [0.717, 1.165) is 0 Å². The van der Waals surface area contributed by atoms with Crippen LogP contribution in [-0.4, -0.2) is 16.2 Å². The first-order valence-electron chi connectivity index (χ1n) is 4.15. The summed E-state index contributed by atoms with van der Waals surface area (Å²) in [6.45, 7) is 3.85. The summed E-state index contributed by atoms with van der Waals surface area (Å²) in [5, 5.41) is 12.8. The highest BCUT2D eigenvalue weighted by Crippen LogP contribution is 2.63. The third-order valence-corrected chi connectivity index (χ3v) is 2.98. The van der Waals surface area contributed by atoms with Gasteiger partial charge in [0.25, 0.3) is 0 Å². The molecular weight excluding hydrogens is 170 g/mol. The molecule has 0 aromatic carbocycles. The Morgan fingerprint density at radius 3 is 2.62 bits per heavy atom. The predicted octanol–water partition coefficient (Wildman–Crippen LogP) is 1.43. The average Bonchev–Trinajstić information content (AvgIpc) is 2.52. The van der Waals surface area contributed by atoms with E-state index in [9.17, 15) is 4.79 Å². The minimum absolute atomic E-state index is 0.213. The summed E-state index contributed by atoms with van der Waals surface area (Å²) in [5.41, 5.74) is -0.500. The fraction of sp³-hybridized carbons (Fsp3) is 0.556. The average molecular weight is 181 g/mol. The van der Waals surface area contributed by atoms with Crippen LogP contribution in [0.15, 0.2) is 16.9 Å². The van der Waals surface area contributed by atoms with E-state index < -0.39 is 11.4 Å². The standard InChI is InChI=1S/C9H11NO3/c1-8(2)5-9(8,7(11)12)6-3-4-13-10-6/h3-4H,5H2,1-2H3,(H,11,12). The molecule has 1 atom stereocenters. The first kappa shape index (κ1) is 8.29. The van der Waals surface area contributed by atoms with Crippen LogP contribution in [0.2, 0.25) is 0 Å². The van der Waals surface area contributed by atoms with Crippen LogP contribution in [0, 0.1) is 5.41 Å². The Labute approximate surface area is 75.5 Å². The largest absolute Gasteiger partial charge is 0.481 e. The van der Waals surface area contributed by atoms with Gasteiger partial charge in [-0.2, -0.15) is 0 Å². The smallest absolute Gasteiger partial charge is 0.316 e. The van der Waals surface area contributed by atoms with Crippen molar-refractivity contribution in [3.05, 3.63) is 18.0 Å². The maximum Gasteiger partial charge on any atom is 0.316 e. The van der Waals surface area contributed by atoms with Crippen LogP contribution in [0.3, 0.4) is 0 Å². The third-order valence-electron chi connectivity index (χ3n) is 2.98. The van der Waals surface area contributed by atoms with Crippen molar-refractivity contribution < 1.29 is 14.4 Å². The van der Waals surface area contributed by atoms with Gasteiger partial charge in [-0.15, -0.1) is 0 Å². The van der Waals surface area contributed by atoms with Gasteiger partial charge in [0.2, 0.25) is 0 Å². The number of rotatable bonds is 2. The van der Waals surface area contributed by atoms with Gasteiger partial charge in [0.1, 0.15) is 17.4 Å². The topological polar surface area (TPSA) is 63.3 Å². The predicted molar refractivity (Wildman–Crippen MR) is 44.2 cm³/mol. The quantitative estimate of drug-likeness (QED) is 0.749. The van der Waals surface area contributed by atoms with Gasteiger partial charge >= 0.3 is 5.97 Å². The summed E-state index contributed by atoms with van der Waals surface area (Å²) in [7, 11) is 0. The molecule has 70 valence electrons. The number of hydrogen-bond donors (Lipinski definition) is 1. The molecular formula is C9H11NO3. The van der Waals surface area contributed by atoms with E-state index in [1.54, 1.807) is 6.07 Å². The zero-order valence-electron chi connectivity index (χ0n) is 7.57. The van der Waals surface area contributed by atoms with Crippen molar-refractivity contribution >= 4 is 5.97 Å². The molecule has 0 spiro atoms. The normalized spacial score (nSPS) is 30.0. The van der Waals surface area contributed by atoms with Gasteiger partial charge in [-0.05, 0) is 11.8 Å². The molecule has 0 bridgehead atoms. The van der Waals surface area contributed by atoms with Gasteiger partial charge in [-0.1, -0.05) is 19.0 Å². The Bertz CT molecular complexity index is 342. The Hall–Kier alpha value is -1.32. The number of carbonyl (C=O) groups is 1. The second-order valence-corrected chi connectivity index (χ2v) is 4.16. The second kappa shape index (κ2) is 2.13. The van der Waals surface area contributed by atoms with E-state index in [1.165, 1.54) is 6.26 Å². The molecule has 4 nitrogen and oxygen atoms in total. The molecule has 0 aliphatic heterocycles. The summed E-state index contributed by atoms with van der Waals surface area (Å²) in [4.78, 5) is 11.1. The highest BCUT2D eigenvalue weighted by Gasteiger charge is 2.69. The summed E-state index contributed by atoms with van der Waals surface area (Å²) in [6.07, 6.45) is 2.04. The fourth-order valence-electron chi connectivity index (χ4n) is 1.96. The molecule has 1 heterocycles. The lowest BCUT2D eigenvalue weighted by molar-refractivity contribution is -0.141. The molecule has 4 heteroatoms. The monoisotopic (exact) mass is 181 g/mol. The highest BCUT2D eigenvalue weighted by atomic mass is 16.5. The van der Waals surface area contributed by atoms with Gasteiger partial charge in [0.05, 0.1) is 0 Å². The van der Waals surface area contributed by atoms with E-state index in [0.29, 0.717) is 12.1 Å². The molecule has 1 aromatic heterocycles. The number of aliphatic carboxylic acids is 1. The number of nitrogens with zero attached hydrogens (tertiary/aromatic N) is 1. The first-order chi connectivity index (χ1) is 6.01. The minimum Gasteiger partial charge on any atom is -0.481 e. The molecule has 0 saturated heterocycles. The maximum absolute atomic E-state index is 11.1. The molecule has 2 rings (SSSR count). The summed E-state index contributed by atoms with van der Waals surface area (Å²) < 4.78 is 4.67. The zero-order valence-corrected chi connectivity index (χ0v) is 7.57. The lowest BCUT2D eigenvalue weighted by Crippen LogP contribution is -2.25. The molecule has 1 unspecified atom stereocenters. The number of aromatic nitrogens is 1. The molecule has 1 aliphatic carbocycles. The van der Waals surface area contributed by atoms with Crippen molar-refractivity contribution in [1.29, 1.82) is 0 Å². The fourth-order valence-corrected chi connectivity index (χ4v) is 1.96. The molecule has 1 aliphatic rings. The number of carboxylic acids is 1. The van der Waals surface area contributed by atoms with Crippen molar-refractivity contribution in [1.82, 2.24) is 5.16 Å². The Morgan fingerprint density at radius 1 is 1.69 bits per heavy atom. The molecule has 1 aromatic rings. The maximum atomic E-state index is 11.1. The number of carboxylic acid groups (broad SMARTS) is 1. The van der Waals surface area contributed by atoms with Crippen LogP contribution in [-0.2, 0) is 10.2 Å². The van der Waals surface area contributed by atoms with E-state index in [2.05, 4.69) is 9.68 Å². The van der Waals surface area contributed by atoms with Crippen molar-refractivity contribution in [2.75, 3.05) is 0 Å². The van der Waals surface area contributed by atoms with Crippen molar-refractivity contribution in [2.24, 2.45) is 5.41 Å². The molecule has 0 amide bonds. The van der Waals surface area contributed by atoms with Crippen LogP contribution in [0.1, 0.15) is 26.0 Å². The lowest BCUT2D eigenvalue weighted by atomic mass is 9.93. The Kier molecular flexibility index (Phi) is 1.36. The highest BCUT2D eigenvalue weighted by molar-refractivity contribution is 5.86. The second-order valence-electron chi connectivity index (χ2n) is 4.16. The molecule has 1 saturated carbocycles. The molecule has 1 fully saturated rings. The van der Waals surface area contributed by atoms with E-state index >= 15 is 0 Å². The van der Waals surface area contributed by atoms with Gasteiger partial charge in [-0.25, -0.2) is 0 Å². The minimum atomic E-state index is -0.819. The van der Waals surface area contributed by atoms with Crippen LogP contribution in [0.5, 0.6) is 0 Å².